The summed E-state index contributed by atoms with van der Waals surface area (Å²) in [5.41, 5.74) is 3.20. The van der Waals surface area contributed by atoms with Gasteiger partial charge in [-0.25, -0.2) is 9.97 Å². The zero-order valence-electron chi connectivity index (χ0n) is 16.9. The number of hydrogen-bond donors (Lipinski definition) is 0. The monoisotopic (exact) mass is 399 g/mol. The third kappa shape index (κ3) is 5.95. The van der Waals surface area contributed by atoms with Crippen molar-refractivity contribution in [1.82, 2.24) is 14.5 Å². The molecule has 2 heterocycles. The molecule has 5 heteroatoms. The van der Waals surface area contributed by atoms with Gasteiger partial charge in [-0.05, 0) is 48.6 Å². The summed E-state index contributed by atoms with van der Waals surface area (Å²) in [5.74, 6) is 1.41. The third-order valence-corrected chi connectivity index (χ3v) is 4.79. The molecular weight excluding hydrogens is 374 g/mol. The van der Waals surface area contributed by atoms with Gasteiger partial charge in [0.05, 0.1) is 6.33 Å². The summed E-state index contributed by atoms with van der Waals surface area (Å²) in [6, 6.07) is 18.4. The number of ether oxygens (including phenoxy) is 1. The van der Waals surface area contributed by atoms with Crippen LogP contribution in [0.2, 0.25) is 0 Å². The van der Waals surface area contributed by atoms with E-state index in [1.54, 1.807) is 6.26 Å². The van der Waals surface area contributed by atoms with Crippen LogP contribution in [-0.2, 0) is 19.6 Å². The van der Waals surface area contributed by atoms with Crippen LogP contribution in [0.3, 0.4) is 0 Å². The molecule has 30 heavy (non-hydrogen) atoms. The van der Waals surface area contributed by atoms with E-state index in [0.717, 1.165) is 42.8 Å². The normalized spacial score (nSPS) is 11.2. The molecule has 0 saturated carbocycles. The summed E-state index contributed by atoms with van der Waals surface area (Å²) in [6.45, 7) is 1.40. The number of unbranched alkanes of at least 4 members (excludes halogenated alkanes) is 1. The molecule has 152 valence electrons. The number of aromatic nitrogens is 3. The maximum Gasteiger partial charge on any atom is 0.218 e. The molecule has 4 aromatic rings. The molecular formula is C25H25N3O2. The molecule has 5 nitrogen and oxygen atoms in total. The quantitative estimate of drug-likeness (QED) is 0.324. The van der Waals surface area contributed by atoms with Gasteiger partial charge in [0.15, 0.2) is 0 Å². The predicted molar refractivity (Wildman–Crippen MR) is 118 cm³/mol. The van der Waals surface area contributed by atoms with Crippen molar-refractivity contribution in [3.8, 4) is 5.75 Å². The number of nitrogens with zero attached hydrogens (tertiary/aromatic N) is 3. The topological polar surface area (TPSA) is 53.1 Å². The summed E-state index contributed by atoms with van der Waals surface area (Å²) in [4.78, 5) is 8.51. The van der Waals surface area contributed by atoms with E-state index >= 15 is 0 Å². The second kappa shape index (κ2) is 10.3. The number of imidazole rings is 1. The molecule has 0 unspecified atom stereocenters. The zero-order chi connectivity index (χ0) is 20.4. The van der Waals surface area contributed by atoms with Gasteiger partial charge in [-0.1, -0.05) is 42.5 Å². The Morgan fingerprint density at radius 1 is 0.967 bits per heavy atom. The van der Waals surface area contributed by atoms with Crippen LogP contribution in [0, 0.1) is 0 Å². The summed E-state index contributed by atoms with van der Waals surface area (Å²) in [7, 11) is 0. The van der Waals surface area contributed by atoms with Gasteiger partial charge in [-0.3, -0.25) is 0 Å². The van der Waals surface area contributed by atoms with E-state index in [4.69, 9.17) is 9.15 Å². The van der Waals surface area contributed by atoms with Crippen molar-refractivity contribution in [3.63, 3.8) is 0 Å². The molecule has 0 spiro atoms. The Morgan fingerprint density at radius 2 is 1.83 bits per heavy atom. The van der Waals surface area contributed by atoms with E-state index in [-0.39, 0.29) is 0 Å². The lowest BCUT2D eigenvalue weighted by atomic mass is 10.1. The number of oxazole rings is 1. The molecule has 0 fully saturated rings. The number of hydrogen-bond acceptors (Lipinski definition) is 4. The number of benzene rings is 2. The fourth-order valence-corrected chi connectivity index (χ4v) is 3.15. The fourth-order valence-electron chi connectivity index (χ4n) is 3.15. The molecule has 2 aromatic heterocycles. The second-order valence-corrected chi connectivity index (χ2v) is 7.11. The van der Waals surface area contributed by atoms with Gasteiger partial charge in [-0.15, -0.1) is 0 Å². The van der Waals surface area contributed by atoms with Crippen molar-refractivity contribution in [2.24, 2.45) is 0 Å². The maximum absolute atomic E-state index is 5.84. The molecule has 0 aliphatic rings. The van der Waals surface area contributed by atoms with Crippen LogP contribution in [0.1, 0.15) is 35.6 Å². The highest BCUT2D eigenvalue weighted by atomic mass is 16.5. The van der Waals surface area contributed by atoms with Crippen LogP contribution in [0.5, 0.6) is 5.75 Å². The highest BCUT2D eigenvalue weighted by Gasteiger charge is 2.03. The van der Waals surface area contributed by atoms with Crippen LogP contribution in [0.4, 0.5) is 0 Å². The summed E-state index contributed by atoms with van der Waals surface area (Å²) < 4.78 is 13.4. The average Bonchev–Trinajstić information content (AvgIpc) is 3.47. The Morgan fingerprint density at radius 3 is 2.63 bits per heavy atom. The van der Waals surface area contributed by atoms with Crippen LogP contribution < -0.4 is 4.74 Å². The first kappa shape index (κ1) is 19.7. The summed E-state index contributed by atoms with van der Waals surface area (Å²) >= 11 is 0. The Hall–Kier alpha value is -3.60. The molecule has 0 aliphatic heterocycles. The lowest BCUT2D eigenvalue weighted by Gasteiger charge is -2.06. The lowest BCUT2D eigenvalue weighted by Crippen LogP contribution is -1.97. The minimum absolute atomic E-state index is 0.382. The summed E-state index contributed by atoms with van der Waals surface area (Å²) in [6.07, 6.45) is 14.5. The van der Waals surface area contributed by atoms with E-state index in [2.05, 4.69) is 26.7 Å². The van der Waals surface area contributed by atoms with Gasteiger partial charge in [0.1, 0.15) is 24.3 Å². The lowest BCUT2D eigenvalue weighted by molar-refractivity contribution is 0.301. The van der Waals surface area contributed by atoms with Crippen molar-refractivity contribution < 1.29 is 9.15 Å². The van der Waals surface area contributed by atoms with E-state index in [9.17, 15) is 0 Å². The largest absolute Gasteiger partial charge is 0.487 e. The first-order chi connectivity index (χ1) is 14.8. The van der Waals surface area contributed by atoms with Crippen LogP contribution in [0.15, 0.2) is 84.0 Å². The molecule has 0 bridgehead atoms. The summed E-state index contributed by atoms with van der Waals surface area (Å²) in [5, 5.41) is 0. The highest BCUT2D eigenvalue weighted by molar-refractivity contribution is 5.65. The number of aryl methyl sites for hydroxylation is 2. The van der Waals surface area contributed by atoms with E-state index in [0.29, 0.717) is 12.5 Å². The smallest absolute Gasteiger partial charge is 0.218 e. The Balaban J connectivity index is 1.20. The Bertz CT molecular complexity index is 1040. The van der Waals surface area contributed by atoms with Crippen molar-refractivity contribution in [3.05, 3.63) is 102 Å². The third-order valence-electron chi connectivity index (χ3n) is 4.79. The van der Waals surface area contributed by atoms with Crippen molar-refractivity contribution in [2.45, 2.75) is 32.4 Å². The molecule has 0 saturated heterocycles. The Kier molecular flexibility index (Phi) is 6.74. The maximum atomic E-state index is 5.84. The highest BCUT2D eigenvalue weighted by Crippen LogP contribution is 2.16. The molecule has 2 aromatic carbocycles. The second-order valence-electron chi connectivity index (χ2n) is 7.11. The molecule has 0 amide bonds. The average molecular weight is 399 g/mol. The van der Waals surface area contributed by atoms with Crippen LogP contribution in [-0.4, -0.2) is 14.5 Å². The van der Waals surface area contributed by atoms with Gasteiger partial charge in [0, 0.05) is 25.0 Å². The van der Waals surface area contributed by atoms with Gasteiger partial charge < -0.3 is 13.7 Å². The van der Waals surface area contributed by atoms with Crippen molar-refractivity contribution >= 4 is 12.2 Å². The van der Waals surface area contributed by atoms with E-state index < -0.39 is 0 Å². The first-order valence-electron chi connectivity index (χ1n) is 10.2. The van der Waals surface area contributed by atoms with Crippen molar-refractivity contribution in [2.75, 3.05) is 0 Å². The molecule has 4 rings (SSSR count). The van der Waals surface area contributed by atoms with Crippen LogP contribution in [0.25, 0.3) is 12.2 Å². The van der Waals surface area contributed by atoms with E-state index in [1.165, 1.54) is 5.56 Å². The van der Waals surface area contributed by atoms with E-state index in [1.807, 2.05) is 73.3 Å². The molecule has 0 aliphatic carbocycles. The van der Waals surface area contributed by atoms with Gasteiger partial charge in [-0.2, -0.15) is 0 Å². The standard InChI is InChI=1S/C25H25N3O2/c1-2-6-21(7-3-1)11-14-25-27-23(19-30-25)18-29-24-12-9-22(10-13-24)8-4-5-16-28-17-15-26-20-28/h1-3,6-7,9-15,17,19-20H,4-5,8,16,18H2. The molecule has 0 radical (unpaired) electrons. The molecule has 0 N–H and O–H groups in total. The van der Waals surface area contributed by atoms with Gasteiger partial charge in [0.2, 0.25) is 5.89 Å². The number of rotatable bonds is 10. The fraction of sp³-hybridized carbons (Fsp3) is 0.200. The van der Waals surface area contributed by atoms with Crippen LogP contribution >= 0.6 is 0 Å². The minimum Gasteiger partial charge on any atom is -0.487 e. The SMILES string of the molecule is C(=Cc1nc(COc2ccc(CCCCn3ccnc3)cc2)co1)c1ccccc1. The van der Waals surface area contributed by atoms with Gasteiger partial charge >= 0.3 is 0 Å². The predicted octanol–water partition coefficient (Wildman–Crippen LogP) is 5.64. The minimum atomic E-state index is 0.382. The first-order valence-corrected chi connectivity index (χ1v) is 10.2. The van der Waals surface area contributed by atoms with Crippen molar-refractivity contribution in [1.29, 1.82) is 0 Å². The van der Waals surface area contributed by atoms with Gasteiger partial charge in [0.25, 0.3) is 0 Å². The zero-order valence-corrected chi connectivity index (χ0v) is 16.9. The Labute approximate surface area is 176 Å². The molecule has 0 atom stereocenters.